The summed E-state index contributed by atoms with van der Waals surface area (Å²) in [5.74, 6) is 2.44. The highest BCUT2D eigenvalue weighted by Gasteiger charge is 2.33. The first kappa shape index (κ1) is 34.0. The molecular weight excluding hydrogens is 535 g/mol. The molecule has 0 N–H and O–H groups in total. The Hall–Kier alpha value is -2.51. The fourth-order valence-corrected chi connectivity index (χ4v) is 5.91. The van der Waals surface area contributed by atoms with Gasteiger partial charge in [-0.2, -0.15) is 0 Å². The van der Waals surface area contributed by atoms with Gasteiger partial charge >= 0.3 is 8.60 Å². The van der Waals surface area contributed by atoms with Crippen LogP contribution in [0.5, 0.6) is 17.2 Å². The van der Waals surface area contributed by atoms with Gasteiger partial charge in [0.2, 0.25) is 0 Å². The molecule has 0 radical (unpaired) electrons. The van der Waals surface area contributed by atoms with Crippen LogP contribution in [0.25, 0.3) is 0 Å². The predicted octanol–water partition coefficient (Wildman–Crippen LogP) is 12.2. The summed E-state index contributed by atoms with van der Waals surface area (Å²) in [5, 5.41) is 0. The third-order valence-corrected chi connectivity index (χ3v) is 10.8. The molecular formula is C38H55O3P. The van der Waals surface area contributed by atoms with Crippen molar-refractivity contribution >= 4 is 8.60 Å². The molecule has 0 amide bonds. The Morgan fingerprint density at radius 1 is 0.452 bits per heavy atom. The third kappa shape index (κ3) is 7.71. The molecule has 0 heterocycles. The van der Waals surface area contributed by atoms with Crippen LogP contribution < -0.4 is 13.6 Å². The Morgan fingerprint density at radius 3 is 1.21 bits per heavy atom. The van der Waals surface area contributed by atoms with Gasteiger partial charge in [0.05, 0.1) is 0 Å². The van der Waals surface area contributed by atoms with E-state index in [2.05, 4.69) is 126 Å². The average Bonchev–Trinajstić information content (AvgIpc) is 2.97. The first-order chi connectivity index (χ1) is 19.6. The van der Waals surface area contributed by atoms with Crippen LogP contribution in [0.15, 0.2) is 66.7 Å². The van der Waals surface area contributed by atoms with Crippen molar-refractivity contribution < 1.29 is 13.6 Å². The molecule has 0 aliphatic heterocycles. The van der Waals surface area contributed by atoms with Crippen LogP contribution in [0.4, 0.5) is 0 Å². The molecule has 0 bridgehead atoms. The van der Waals surface area contributed by atoms with Gasteiger partial charge in [-0.3, -0.25) is 0 Å². The SMILES string of the molecule is CCC(C)(C)c1ccc(OP(Oc2ccccc2C(C)(C)CC)Oc2ccccc2C(C)(C)CC)c(C(C)(C)CC)c1. The molecule has 42 heavy (non-hydrogen) atoms. The molecule has 0 aliphatic carbocycles. The first-order valence-electron chi connectivity index (χ1n) is 15.8. The standard InChI is InChI=1S/C38H55O3P/c1-13-35(5,6)28-25-26-34(31(27-28)38(11,12)16-4)41-42(39-32-23-19-17-21-29(32)36(7,8)14-2)40-33-24-20-18-22-30(33)37(9,10)15-3/h17-27H,13-16H2,1-12H3. The number of para-hydroxylation sites is 2. The number of hydrogen-bond acceptors (Lipinski definition) is 3. The predicted molar refractivity (Wildman–Crippen MR) is 181 cm³/mol. The van der Waals surface area contributed by atoms with E-state index in [4.69, 9.17) is 13.6 Å². The molecule has 3 aromatic carbocycles. The molecule has 0 saturated carbocycles. The van der Waals surface area contributed by atoms with E-state index in [1.54, 1.807) is 0 Å². The maximum atomic E-state index is 6.87. The number of benzene rings is 3. The van der Waals surface area contributed by atoms with Crippen LogP contribution in [-0.4, -0.2) is 0 Å². The van der Waals surface area contributed by atoms with Crippen LogP contribution in [0.2, 0.25) is 0 Å². The molecule has 0 aliphatic rings. The Bertz CT molecular complexity index is 1260. The maximum absolute atomic E-state index is 6.87. The summed E-state index contributed by atoms with van der Waals surface area (Å²) in [7, 11) is -1.84. The minimum Gasteiger partial charge on any atom is -0.408 e. The number of hydrogen-bond donors (Lipinski definition) is 0. The van der Waals surface area contributed by atoms with Gasteiger partial charge in [-0.15, -0.1) is 0 Å². The molecule has 3 aromatic rings. The molecule has 0 fully saturated rings. The molecule has 0 saturated heterocycles. The quantitative estimate of drug-likeness (QED) is 0.175. The molecule has 3 nitrogen and oxygen atoms in total. The lowest BCUT2D eigenvalue weighted by Gasteiger charge is -2.32. The second kappa shape index (κ2) is 13.4. The van der Waals surface area contributed by atoms with Gasteiger partial charge in [-0.1, -0.05) is 132 Å². The van der Waals surface area contributed by atoms with Crippen molar-refractivity contribution in [3.8, 4) is 17.2 Å². The monoisotopic (exact) mass is 590 g/mol. The fraction of sp³-hybridized carbons (Fsp3) is 0.526. The summed E-state index contributed by atoms with van der Waals surface area (Å²) >= 11 is 0. The minimum absolute atomic E-state index is 0.0531. The lowest BCUT2D eigenvalue weighted by Crippen LogP contribution is -2.21. The first-order valence-corrected chi connectivity index (χ1v) is 16.9. The Balaban J connectivity index is 2.16. The van der Waals surface area contributed by atoms with E-state index in [1.807, 2.05) is 24.3 Å². The molecule has 0 unspecified atom stereocenters. The largest absolute Gasteiger partial charge is 0.530 e. The maximum Gasteiger partial charge on any atom is 0.530 e. The van der Waals surface area contributed by atoms with Crippen molar-refractivity contribution in [2.45, 2.75) is 130 Å². The van der Waals surface area contributed by atoms with E-state index in [0.717, 1.165) is 54.1 Å². The second-order valence-corrected chi connectivity index (χ2v) is 15.1. The summed E-state index contributed by atoms with van der Waals surface area (Å²) in [6, 6.07) is 23.3. The van der Waals surface area contributed by atoms with E-state index in [-0.39, 0.29) is 21.7 Å². The van der Waals surface area contributed by atoms with E-state index >= 15 is 0 Å². The van der Waals surface area contributed by atoms with Gasteiger partial charge in [0, 0.05) is 16.7 Å². The van der Waals surface area contributed by atoms with E-state index < -0.39 is 8.60 Å². The van der Waals surface area contributed by atoms with Crippen molar-refractivity contribution in [2.24, 2.45) is 0 Å². The van der Waals surface area contributed by atoms with Crippen LogP contribution >= 0.6 is 8.60 Å². The van der Waals surface area contributed by atoms with Crippen LogP contribution in [0, 0.1) is 0 Å². The van der Waals surface area contributed by atoms with Gasteiger partial charge in [-0.05, 0) is 71.1 Å². The Labute approximate surface area is 258 Å². The van der Waals surface area contributed by atoms with Crippen molar-refractivity contribution in [3.63, 3.8) is 0 Å². The van der Waals surface area contributed by atoms with Crippen LogP contribution in [-0.2, 0) is 21.7 Å². The van der Waals surface area contributed by atoms with Gasteiger partial charge in [0.1, 0.15) is 17.2 Å². The lowest BCUT2D eigenvalue weighted by molar-refractivity contribution is 0.365. The van der Waals surface area contributed by atoms with Crippen LogP contribution in [0.3, 0.4) is 0 Å². The van der Waals surface area contributed by atoms with Gasteiger partial charge < -0.3 is 13.6 Å². The zero-order chi connectivity index (χ0) is 31.3. The summed E-state index contributed by atoms with van der Waals surface area (Å²) < 4.78 is 20.4. The van der Waals surface area contributed by atoms with E-state index in [1.165, 1.54) is 11.1 Å². The topological polar surface area (TPSA) is 27.7 Å². The zero-order valence-corrected chi connectivity index (χ0v) is 29.2. The lowest BCUT2D eigenvalue weighted by atomic mass is 9.76. The number of rotatable bonds is 14. The second-order valence-electron chi connectivity index (χ2n) is 14.2. The van der Waals surface area contributed by atoms with Crippen LogP contribution in [0.1, 0.15) is 131 Å². The Kier molecular flexibility index (Phi) is 10.9. The molecule has 0 aromatic heterocycles. The van der Waals surface area contributed by atoms with Crippen molar-refractivity contribution in [1.29, 1.82) is 0 Å². The van der Waals surface area contributed by atoms with Crippen molar-refractivity contribution in [3.05, 3.63) is 89.0 Å². The average molecular weight is 591 g/mol. The molecule has 4 heteroatoms. The molecule has 3 rings (SSSR count). The summed E-state index contributed by atoms with van der Waals surface area (Å²) in [6.07, 6.45) is 4.03. The zero-order valence-electron chi connectivity index (χ0n) is 28.4. The summed E-state index contributed by atoms with van der Waals surface area (Å²) in [4.78, 5) is 0. The molecule has 0 atom stereocenters. The van der Waals surface area contributed by atoms with E-state index in [0.29, 0.717) is 0 Å². The van der Waals surface area contributed by atoms with Gasteiger partial charge in [0.25, 0.3) is 0 Å². The highest BCUT2D eigenvalue weighted by molar-refractivity contribution is 7.43. The van der Waals surface area contributed by atoms with Gasteiger partial charge in [-0.25, -0.2) is 0 Å². The van der Waals surface area contributed by atoms with Gasteiger partial charge in [0.15, 0.2) is 0 Å². The minimum atomic E-state index is -1.84. The smallest absolute Gasteiger partial charge is 0.408 e. The summed E-state index contributed by atoms with van der Waals surface area (Å²) in [5.41, 5.74) is 4.71. The highest BCUT2D eigenvalue weighted by atomic mass is 31.2. The van der Waals surface area contributed by atoms with E-state index in [9.17, 15) is 0 Å². The molecule has 230 valence electrons. The molecule has 0 spiro atoms. The normalized spacial score (nSPS) is 12.9. The fourth-order valence-electron chi connectivity index (χ4n) is 4.84. The summed E-state index contributed by atoms with van der Waals surface area (Å²) in [6.45, 7) is 27.2. The highest BCUT2D eigenvalue weighted by Crippen LogP contribution is 2.50. The van der Waals surface area contributed by atoms with Crippen molar-refractivity contribution in [2.75, 3.05) is 0 Å². The Morgan fingerprint density at radius 2 is 0.810 bits per heavy atom. The third-order valence-electron chi connectivity index (χ3n) is 9.78. The van der Waals surface area contributed by atoms with Crippen molar-refractivity contribution in [1.82, 2.24) is 0 Å².